The van der Waals surface area contributed by atoms with E-state index in [2.05, 4.69) is 5.16 Å². The molecule has 2 atom stereocenters. The largest absolute Gasteiger partial charge is 0.389 e. The summed E-state index contributed by atoms with van der Waals surface area (Å²) in [5.41, 5.74) is 0.959. The highest BCUT2D eigenvalue weighted by Crippen LogP contribution is 2.12. The molecule has 0 fully saturated rings. The first-order valence-corrected chi connectivity index (χ1v) is 3.07. The number of nitrogens with zero attached hydrogens (tertiary/aromatic N) is 1. The molecule has 1 heterocycles. The van der Waals surface area contributed by atoms with Crippen molar-refractivity contribution in [1.82, 2.24) is 0 Å². The summed E-state index contributed by atoms with van der Waals surface area (Å²) in [5.74, 6) is 0. The van der Waals surface area contributed by atoms with Gasteiger partial charge in [0.05, 0.1) is 11.8 Å². The average molecular weight is 129 g/mol. The highest BCUT2D eigenvalue weighted by Gasteiger charge is 2.22. The summed E-state index contributed by atoms with van der Waals surface area (Å²) in [6.07, 6.45) is 0.244. The number of aliphatic hydroxyl groups excluding tert-OH is 1. The van der Waals surface area contributed by atoms with Crippen molar-refractivity contribution in [2.45, 2.75) is 32.5 Å². The molecule has 3 heteroatoms. The van der Waals surface area contributed by atoms with Crippen LogP contribution >= 0.6 is 0 Å². The Labute approximate surface area is 54.3 Å². The van der Waals surface area contributed by atoms with Gasteiger partial charge in [-0.3, -0.25) is 0 Å². The van der Waals surface area contributed by atoms with E-state index < -0.39 is 6.10 Å². The third kappa shape index (κ3) is 1.42. The second-order valence-corrected chi connectivity index (χ2v) is 2.42. The quantitative estimate of drug-likeness (QED) is 0.561. The maximum atomic E-state index is 8.97. The zero-order chi connectivity index (χ0) is 6.85. The zero-order valence-corrected chi connectivity index (χ0v) is 5.66. The van der Waals surface area contributed by atoms with E-state index in [9.17, 15) is 0 Å². The van der Waals surface area contributed by atoms with Crippen molar-refractivity contribution in [3.05, 3.63) is 0 Å². The van der Waals surface area contributed by atoms with Crippen LogP contribution in [0.3, 0.4) is 0 Å². The lowest BCUT2D eigenvalue weighted by molar-refractivity contribution is -0.00780. The minimum absolute atomic E-state index is 0.106. The number of oxime groups is 1. The molecule has 0 radical (unpaired) electrons. The van der Waals surface area contributed by atoms with Crippen molar-refractivity contribution in [1.29, 1.82) is 0 Å². The average Bonchev–Trinajstić information content (AvgIpc) is 2.14. The molecule has 0 aromatic heterocycles. The molecule has 0 unspecified atom stereocenters. The van der Waals surface area contributed by atoms with Crippen LogP contribution in [-0.2, 0) is 4.84 Å². The predicted octanol–water partition coefficient (Wildman–Crippen LogP) is 0.532. The van der Waals surface area contributed by atoms with E-state index in [0.29, 0.717) is 0 Å². The summed E-state index contributed by atoms with van der Waals surface area (Å²) in [5, 5.41) is 12.7. The molecule has 1 aliphatic heterocycles. The summed E-state index contributed by atoms with van der Waals surface area (Å²) in [4.78, 5) is 4.86. The maximum Gasteiger partial charge on any atom is 0.158 e. The molecule has 3 nitrogen and oxygen atoms in total. The first kappa shape index (κ1) is 6.55. The van der Waals surface area contributed by atoms with Gasteiger partial charge in [0.1, 0.15) is 0 Å². The molecule has 0 saturated carbocycles. The normalized spacial score (nSPS) is 29.2. The van der Waals surface area contributed by atoms with Crippen LogP contribution in [-0.4, -0.2) is 23.0 Å². The van der Waals surface area contributed by atoms with Gasteiger partial charge in [-0.1, -0.05) is 5.16 Å². The van der Waals surface area contributed by atoms with E-state index in [1.807, 2.05) is 6.92 Å². The lowest BCUT2D eigenvalue weighted by Crippen LogP contribution is -2.22. The molecule has 0 bridgehead atoms. The van der Waals surface area contributed by atoms with Crippen LogP contribution in [0, 0.1) is 0 Å². The molecule has 0 saturated heterocycles. The first-order valence-electron chi connectivity index (χ1n) is 3.07. The molecule has 1 aliphatic rings. The minimum Gasteiger partial charge on any atom is -0.389 e. The molecule has 9 heavy (non-hydrogen) atoms. The maximum absolute atomic E-state index is 8.97. The Morgan fingerprint density at radius 2 is 2.56 bits per heavy atom. The Morgan fingerprint density at radius 3 is 2.78 bits per heavy atom. The van der Waals surface area contributed by atoms with Gasteiger partial charge >= 0.3 is 0 Å². The SMILES string of the molecule is CC1=NO[C@H]([C@H](C)O)C1. The van der Waals surface area contributed by atoms with Crippen LogP contribution in [0.25, 0.3) is 0 Å². The van der Waals surface area contributed by atoms with Crippen LogP contribution in [0.5, 0.6) is 0 Å². The number of rotatable bonds is 1. The topological polar surface area (TPSA) is 41.8 Å². The van der Waals surface area contributed by atoms with Crippen molar-refractivity contribution in [3.63, 3.8) is 0 Å². The summed E-state index contributed by atoms with van der Waals surface area (Å²) in [6.45, 7) is 3.60. The first-order chi connectivity index (χ1) is 4.20. The van der Waals surface area contributed by atoms with Gasteiger partial charge in [-0.05, 0) is 13.8 Å². The minimum atomic E-state index is -0.411. The van der Waals surface area contributed by atoms with Crippen LogP contribution in [0.1, 0.15) is 20.3 Å². The molecule has 52 valence electrons. The fourth-order valence-electron chi connectivity index (χ4n) is 0.782. The Morgan fingerprint density at radius 1 is 1.89 bits per heavy atom. The van der Waals surface area contributed by atoms with E-state index in [1.54, 1.807) is 6.92 Å². The predicted molar refractivity (Wildman–Crippen MR) is 34.3 cm³/mol. The summed E-state index contributed by atoms with van der Waals surface area (Å²) in [7, 11) is 0. The van der Waals surface area contributed by atoms with Gasteiger partial charge in [0.15, 0.2) is 6.10 Å². The van der Waals surface area contributed by atoms with Crippen molar-refractivity contribution < 1.29 is 9.94 Å². The number of hydrogen-bond acceptors (Lipinski definition) is 3. The summed E-state index contributed by atoms with van der Waals surface area (Å²) >= 11 is 0. The number of aliphatic hydroxyl groups is 1. The van der Waals surface area contributed by atoms with E-state index in [1.165, 1.54) is 0 Å². The van der Waals surface area contributed by atoms with Crippen LogP contribution in [0.2, 0.25) is 0 Å². The van der Waals surface area contributed by atoms with Gasteiger partial charge in [0.2, 0.25) is 0 Å². The van der Waals surface area contributed by atoms with E-state index in [4.69, 9.17) is 9.94 Å². The van der Waals surface area contributed by atoms with Crippen molar-refractivity contribution >= 4 is 5.71 Å². The standard InChI is InChI=1S/C6H11NO2/c1-4-3-6(5(2)8)9-7-4/h5-6,8H,3H2,1-2H3/t5-,6-/m0/s1. The van der Waals surface area contributed by atoms with Crippen molar-refractivity contribution in [2.24, 2.45) is 5.16 Å². The third-order valence-corrected chi connectivity index (χ3v) is 1.38. The molecule has 0 aromatic rings. The van der Waals surface area contributed by atoms with E-state index in [-0.39, 0.29) is 6.10 Å². The fraction of sp³-hybridized carbons (Fsp3) is 0.833. The summed E-state index contributed by atoms with van der Waals surface area (Å²) in [6, 6.07) is 0. The summed E-state index contributed by atoms with van der Waals surface area (Å²) < 4.78 is 0. The Kier molecular flexibility index (Phi) is 1.71. The van der Waals surface area contributed by atoms with Gasteiger partial charge in [0, 0.05) is 6.42 Å². The molecule has 0 aromatic carbocycles. The molecular weight excluding hydrogens is 118 g/mol. The van der Waals surface area contributed by atoms with Crippen LogP contribution < -0.4 is 0 Å². The van der Waals surface area contributed by atoms with Gasteiger partial charge in [0.25, 0.3) is 0 Å². The monoisotopic (exact) mass is 129 g/mol. The van der Waals surface area contributed by atoms with Crippen molar-refractivity contribution in [2.75, 3.05) is 0 Å². The molecular formula is C6H11NO2. The zero-order valence-electron chi connectivity index (χ0n) is 5.66. The molecule has 0 amide bonds. The highest BCUT2D eigenvalue weighted by atomic mass is 16.6. The van der Waals surface area contributed by atoms with E-state index in [0.717, 1.165) is 12.1 Å². The molecule has 0 spiro atoms. The lowest BCUT2D eigenvalue weighted by Gasteiger charge is -2.09. The van der Waals surface area contributed by atoms with Crippen LogP contribution in [0.4, 0.5) is 0 Å². The Balaban J connectivity index is 2.37. The van der Waals surface area contributed by atoms with Gasteiger partial charge in [-0.2, -0.15) is 0 Å². The van der Waals surface area contributed by atoms with E-state index >= 15 is 0 Å². The van der Waals surface area contributed by atoms with Crippen LogP contribution in [0.15, 0.2) is 5.16 Å². The second-order valence-electron chi connectivity index (χ2n) is 2.42. The molecule has 0 aliphatic carbocycles. The van der Waals surface area contributed by atoms with Gasteiger partial charge in [-0.15, -0.1) is 0 Å². The Hall–Kier alpha value is -0.570. The van der Waals surface area contributed by atoms with Gasteiger partial charge in [-0.25, -0.2) is 0 Å². The van der Waals surface area contributed by atoms with Crippen molar-refractivity contribution in [3.8, 4) is 0 Å². The number of hydrogen-bond donors (Lipinski definition) is 1. The fourth-order valence-corrected chi connectivity index (χ4v) is 0.782. The lowest BCUT2D eigenvalue weighted by atomic mass is 10.1. The smallest absolute Gasteiger partial charge is 0.158 e. The third-order valence-electron chi connectivity index (χ3n) is 1.38. The second kappa shape index (κ2) is 2.35. The molecule has 1 rings (SSSR count). The highest BCUT2D eigenvalue weighted by molar-refractivity contribution is 5.82. The van der Waals surface area contributed by atoms with Gasteiger partial charge < -0.3 is 9.94 Å². The Bertz CT molecular complexity index is 131. The molecule has 1 N–H and O–H groups in total.